The summed E-state index contributed by atoms with van der Waals surface area (Å²) >= 11 is 0. The SMILES string of the molecule is CCCc1ccc2c(c1)C1(c3ccccc3C(=O)c3ccccc31)c1cc(CC)ccc1N2c1cccc(-c2ccccc2)c1. The average Bonchev–Trinajstić information content (AvgIpc) is 3.10. The van der Waals surface area contributed by atoms with Gasteiger partial charge in [-0.25, -0.2) is 0 Å². The number of nitrogens with zero attached hydrogens (tertiary/aromatic N) is 1. The molecule has 0 saturated heterocycles. The van der Waals surface area contributed by atoms with Gasteiger partial charge in [-0.15, -0.1) is 0 Å². The van der Waals surface area contributed by atoms with Crippen LogP contribution in [0.25, 0.3) is 11.1 Å². The zero-order valence-corrected chi connectivity index (χ0v) is 25.8. The lowest BCUT2D eigenvalue weighted by molar-refractivity contribution is 0.103. The van der Waals surface area contributed by atoms with Gasteiger partial charge in [-0.3, -0.25) is 4.79 Å². The molecule has 1 heterocycles. The number of ketones is 1. The number of hydrogen-bond acceptors (Lipinski definition) is 2. The fourth-order valence-corrected chi connectivity index (χ4v) is 7.72. The maximum absolute atomic E-state index is 14.1. The minimum absolute atomic E-state index is 0.101. The van der Waals surface area contributed by atoms with Crippen molar-refractivity contribution in [3.8, 4) is 11.1 Å². The number of fused-ring (bicyclic) bond motifs is 8. The lowest BCUT2D eigenvalue weighted by Crippen LogP contribution is -2.42. The van der Waals surface area contributed by atoms with Crippen molar-refractivity contribution >= 4 is 22.8 Å². The minimum Gasteiger partial charge on any atom is -0.310 e. The summed E-state index contributed by atoms with van der Waals surface area (Å²) in [5.41, 5.74) is 13.9. The van der Waals surface area contributed by atoms with Crippen molar-refractivity contribution in [1.82, 2.24) is 0 Å². The van der Waals surface area contributed by atoms with E-state index in [-0.39, 0.29) is 5.78 Å². The topological polar surface area (TPSA) is 20.3 Å². The molecule has 45 heavy (non-hydrogen) atoms. The summed E-state index contributed by atoms with van der Waals surface area (Å²) in [5, 5.41) is 0. The Morgan fingerprint density at radius 1 is 0.533 bits per heavy atom. The van der Waals surface area contributed by atoms with Crippen LogP contribution in [0.1, 0.15) is 69.6 Å². The van der Waals surface area contributed by atoms with E-state index in [0.29, 0.717) is 0 Å². The Kier molecular flexibility index (Phi) is 6.53. The molecule has 0 fully saturated rings. The van der Waals surface area contributed by atoms with Gasteiger partial charge in [0.05, 0.1) is 16.8 Å². The van der Waals surface area contributed by atoms with Gasteiger partial charge in [-0.1, -0.05) is 136 Å². The van der Waals surface area contributed by atoms with E-state index in [0.717, 1.165) is 58.6 Å². The molecule has 6 aromatic carbocycles. The summed E-state index contributed by atoms with van der Waals surface area (Å²) in [4.78, 5) is 16.5. The van der Waals surface area contributed by atoms with Crippen molar-refractivity contribution < 1.29 is 4.79 Å². The number of carbonyl (C=O) groups is 1. The summed E-state index contributed by atoms with van der Waals surface area (Å²) in [6, 6.07) is 50.1. The quantitative estimate of drug-likeness (QED) is 0.201. The molecule has 218 valence electrons. The number of aryl methyl sites for hydroxylation is 2. The first-order valence-corrected chi connectivity index (χ1v) is 16.1. The van der Waals surface area contributed by atoms with Crippen molar-refractivity contribution in [1.29, 1.82) is 0 Å². The standard InChI is InChI=1S/C43H35NO/c1-3-13-30-23-25-41-39(27-30)43(36-20-10-8-18-34(36)42(45)35-19-9-11-21-37(35)43)38-26-29(4-2)22-24-40(38)44(41)33-17-12-16-32(28-33)31-14-6-5-7-15-31/h5-12,14-28H,3-4,13H2,1-2H3. The zero-order chi connectivity index (χ0) is 30.5. The summed E-state index contributed by atoms with van der Waals surface area (Å²) < 4.78 is 0. The third-order valence-electron chi connectivity index (χ3n) is 9.72. The predicted molar refractivity (Wildman–Crippen MR) is 185 cm³/mol. The van der Waals surface area contributed by atoms with Gasteiger partial charge in [-0.2, -0.15) is 0 Å². The molecular formula is C43H35NO. The molecule has 0 N–H and O–H groups in total. The highest BCUT2D eigenvalue weighted by Gasteiger charge is 2.51. The molecule has 1 aliphatic heterocycles. The van der Waals surface area contributed by atoms with Gasteiger partial charge in [0.15, 0.2) is 5.78 Å². The predicted octanol–water partition coefficient (Wildman–Crippen LogP) is 10.6. The first kappa shape index (κ1) is 27.3. The molecule has 1 aliphatic carbocycles. The molecule has 2 aliphatic rings. The van der Waals surface area contributed by atoms with Crippen LogP contribution in [0.2, 0.25) is 0 Å². The maximum atomic E-state index is 14.1. The van der Waals surface area contributed by atoms with Gasteiger partial charge in [0.25, 0.3) is 0 Å². The number of rotatable bonds is 5. The Morgan fingerprint density at radius 3 is 1.76 bits per heavy atom. The highest BCUT2D eigenvalue weighted by atomic mass is 16.1. The fraction of sp³-hybridized carbons (Fsp3) is 0.140. The van der Waals surface area contributed by atoms with Crippen LogP contribution in [0.5, 0.6) is 0 Å². The first-order valence-electron chi connectivity index (χ1n) is 16.1. The van der Waals surface area contributed by atoms with Crippen LogP contribution in [0, 0.1) is 0 Å². The van der Waals surface area contributed by atoms with E-state index < -0.39 is 5.41 Å². The Balaban J connectivity index is 1.51. The molecule has 0 radical (unpaired) electrons. The Hall–Kier alpha value is -5.21. The Bertz CT molecular complexity index is 2040. The number of benzene rings is 6. The van der Waals surface area contributed by atoms with E-state index in [1.807, 2.05) is 24.3 Å². The van der Waals surface area contributed by atoms with Gasteiger partial charge >= 0.3 is 0 Å². The fourth-order valence-electron chi connectivity index (χ4n) is 7.72. The molecule has 0 saturated carbocycles. The van der Waals surface area contributed by atoms with Crippen LogP contribution in [0.15, 0.2) is 140 Å². The van der Waals surface area contributed by atoms with Gasteiger partial charge in [0.2, 0.25) is 0 Å². The second-order valence-electron chi connectivity index (χ2n) is 12.2. The lowest BCUT2D eigenvalue weighted by atomic mass is 9.57. The number of carbonyl (C=O) groups excluding carboxylic acids is 1. The van der Waals surface area contributed by atoms with Gasteiger partial charge in [0.1, 0.15) is 0 Å². The van der Waals surface area contributed by atoms with E-state index in [2.05, 4.69) is 134 Å². The molecule has 0 amide bonds. The first-order chi connectivity index (χ1) is 22.1. The molecule has 0 atom stereocenters. The van der Waals surface area contributed by atoms with Crippen LogP contribution >= 0.6 is 0 Å². The van der Waals surface area contributed by atoms with Crippen molar-refractivity contribution in [3.05, 3.63) is 184 Å². The van der Waals surface area contributed by atoms with Gasteiger partial charge in [-0.05, 0) is 81.6 Å². The molecule has 2 nitrogen and oxygen atoms in total. The van der Waals surface area contributed by atoms with E-state index in [9.17, 15) is 4.79 Å². The van der Waals surface area contributed by atoms with Crippen LogP contribution in [0.4, 0.5) is 17.1 Å². The van der Waals surface area contributed by atoms with E-state index in [1.165, 1.54) is 33.4 Å². The highest BCUT2D eigenvalue weighted by molar-refractivity contribution is 6.14. The number of anilines is 3. The molecule has 1 spiro atoms. The monoisotopic (exact) mass is 581 g/mol. The van der Waals surface area contributed by atoms with E-state index in [1.54, 1.807) is 0 Å². The molecule has 8 rings (SSSR count). The molecule has 0 aromatic heterocycles. The molecule has 0 bridgehead atoms. The maximum Gasteiger partial charge on any atom is 0.193 e. The smallest absolute Gasteiger partial charge is 0.193 e. The van der Waals surface area contributed by atoms with Crippen LogP contribution < -0.4 is 4.90 Å². The molecular weight excluding hydrogens is 546 g/mol. The van der Waals surface area contributed by atoms with Crippen LogP contribution in [0.3, 0.4) is 0 Å². The summed E-state index contributed by atoms with van der Waals surface area (Å²) in [6.45, 7) is 4.46. The second-order valence-corrected chi connectivity index (χ2v) is 12.2. The van der Waals surface area contributed by atoms with E-state index >= 15 is 0 Å². The van der Waals surface area contributed by atoms with Crippen molar-refractivity contribution in [2.24, 2.45) is 0 Å². The Morgan fingerprint density at radius 2 is 1.11 bits per heavy atom. The normalized spacial score (nSPS) is 14.0. The third-order valence-corrected chi connectivity index (χ3v) is 9.72. The van der Waals surface area contributed by atoms with Crippen molar-refractivity contribution in [3.63, 3.8) is 0 Å². The van der Waals surface area contributed by atoms with Crippen LogP contribution in [-0.2, 0) is 18.3 Å². The second kappa shape index (κ2) is 10.7. The largest absolute Gasteiger partial charge is 0.310 e. The van der Waals surface area contributed by atoms with E-state index in [4.69, 9.17) is 0 Å². The summed E-state index contributed by atoms with van der Waals surface area (Å²) in [5.74, 6) is 0.101. The summed E-state index contributed by atoms with van der Waals surface area (Å²) in [6.07, 6.45) is 2.99. The van der Waals surface area contributed by atoms with Gasteiger partial charge < -0.3 is 4.90 Å². The summed E-state index contributed by atoms with van der Waals surface area (Å²) in [7, 11) is 0. The number of hydrogen-bond donors (Lipinski definition) is 0. The highest BCUT2D eigenvalue weighted by Crippen LogP contribution is 2.60. The molecule has 0 unspecified atom stereocenters. The van der Waals surface area contributed by atoms with Gasteiger partial charge in [0, 0.05) is 16.8 Å². The molecule has 6 aromatic rings. The van der Waals surface area contributed by atoms with Crippen LogP contribution in [-0.4, -0.2) is 5.78 Å². The zero-order valence-electron chi connectivity index (χ0n) is 25.8. The lowest BCUT2D eigenvalue weighted by Gasteiger charge is -2.49. The van der Waals surface area contributed by atoms with Crippen molar-refractivity contribution in [2.75, 3.05) is 4.90 Å². The minimum atomic E-state index is -0.645. The van der Waals surface area contributed by atoms with Crippen molar-refractivity contribution in [2.45, 2.75) is 38.5 Å². The average molecular weight is 582 g/mol. The molecule has 2 heteroatoms. The Labute approximate surface area is 265 Å². The third kappa shape index (κ3) is 4.05.